The van der Waals surface area contributed by atoms with E-state index < -0.39 is 0 Å². The van der Waals surface area contributed by atoms with E-state index in [2.05, 4.69) is 27.9 Å². The van der Waals surface area contributed by atoms with Crippen molar-refractivity contribution in [2.45, 2.75) is 24.2 Å². The summed E-state index contributed by atoms with van der Waals surface area (Å²) >= 11 is 3.97. The van der Waals surface area contributed by atoms with Gasteiger partial charge in [0.15, 0.2) is 0 Å². The van der Waals surface area contributed by atoms with Crippen LogP contribution in [0.5, 0.6) is 0 Å². The Morgan fingerprint density at radius 3 is 2.65 bits per heavy atom. The maximum atomic E-state index is 11.5. The molecule has 0 aliphatic rings. The molecule has 0 unspecified atom stereocenters. The molecule has 1 aromatic rings. The molecule has 0 radical (unpaired) electrons. The van der Waals surface area contributed by atoms with Crippen LogP contribution >= 0.6 is 34.4 Å². The van der Waals surface area contributed by atoms with E-state index in [1.807, 2.05) is 30.3 Å². The lowest BCUT2D eigenvalue weighted by Crippen LogP contribution is -2.26. The minimum absolute atomic E-state index is 0.133. The molecule has 0 bridgehead atoms. The SMILES string of the molecule is O=C(CSc1ccccc1)NCCCCCI. The maximum absolute atomic E-state index is 11.5. The lowest BCUT2D eigenvalue weighted by molar-refractivity contribution is -0.118. The number of benzene rings is 1. The van der Waals surface area contributed by atoms with Gasteiger partial charge >= 0.3 is 0 Å². The van der Waals surface area contributed by atoms with Crippen LogP contribution in [0.3, 0.4) is 0 Å². The van der Waals surface area contributed by atoms with Crippen molar-refractivity contribution < 1.29 is 4.79 Å². The van der Waals surface area contributed by atoms with Gasteiger partial charge in [-0.15, -0.1) is 11.8 Å². The van der Waals surface area contributed by atoms with Crippen LogP contribution in [0.25, 0.3) is 0 Å². The van der Waals surface area contributed by atoms with E-state index >= 15 is 0 Å². The number of rotatable bonds is 8. The average molecular weight is 363 g/mol. The topological polar surface area (TPSA) is 29.1 Å². The molecule has 4 heteroatoms. The Hall–Kier alpha value is -0.230. The summed E-state index contributed by atoms with van der Waals surface area (Å²) < 4.78 is 1.20. The Morgan fingerprint density at radius 1 is 1.18 bits per heavy atom. The average Bonchev–Trinajstić information content (AvgIpc) is 2.37. The molecule has 1 amide bonds. The highest BCUT2D eigenvalue weighted by atomic mass is 127. The first-order chi connectivity index (χ1) is 8.33. The van der Waals surface area contributed by atoms with Crippen LogP contribution < -0.4 is 5.32 Å². The van der Waals surface area contributed by atoms with Gasteiger partial charge in [-0.05, 0) is 29.4 Å². The Bertz CT molecular complexity index is 318. The van der Waals surface area contributed by atoms with E-state index in [1.54, 1.807) is 11.8 Å². The first-order valence-corrected chi connectivity index (χ1v) is 8.34. The van der Waals surface area contributed by atoms with Crippen LogP contribution in [0.1, 0.15) is 19.3 Å². The number of halogens is 1. The van der Waals surface area contributed by atoms with Gasteiger partial charge in [0.1, 0.15) is 0 Å². The fourth-order valence-corrected chi connectivity index (χ4v) is 2.63. The Labute approximate surface area is 121 Å². The second kappa shape index (κ2) is 9.76. The van der Waals surface area contributed by atoms with Crippen LogP contribution in [0, 0.1) is 0 Å². The molecule has 0 aliphatic carbocycles. The predicted octanol–water partition coefficient (Wildman–Crippen LogP) is 3.50. The molecule has 94 valence electrons. The quantitative estimate of drug-likeness (QED) is 0.332. The van der Waals surface area contributed by atoms with Gasteiger partial charge < -0.3 is 5.32 Å². The molecule has 0 aliphatic heterocycles. The van der Waals surface area contributed by atoms with Gasteiger partial charge in [0.25, 0.3) is 0 Å². The van der Waals surface area contributed by atoms with Crippen molar-refractivity contribution in [1.82, 2.24) is 5.32 Å². The summed E-state index contributed by atoms with van der Waals surface area (Å²) in [6.07, 6.45) is 3.54. The first-order valence-electron chi connectivity index (χ1n) is 5.83. The molecule has 0 heterocycles. The minimum atomic E-state index is 0.133. The van der Waals surface area contributed by atoms with E-state index in [0.717, 1.165) is 17.9 Å². The number of nitrogens with one attached hydrogen (secondary N) is 1. The summed E-state index contributed by atoms with van der Waals surface area (Å²) in [7, 11) is 0. The number of alkyl halides is 1. The molecule has 0 atom stereocenters. The number of unbranched alkanes of at least 4 members (excludes halogenated alkanes) is 2. The lowest BCUT2D eigenvalue weighted by atomic mass is 10.2. The summed E-state index contributed by atoms with van der Waals surface area (Å²) in [6, 6.07) is 10.0. The largest absolute Gasteiger partial charge is 0.355 e. The van der Waals surface area contributed by atoms with Gasteiger partial charge in [0.2, 0.25) is 5.91 Å². The molecule has 0 saturated carbocycles. The van der Waals surface area contributed by atoms with Crippen molar-refractivity contribution in [2.24, 2.45) is 0 Å². The van der Waals surface area contributed by atoms with Crippen LogP contribution in [0.15, 0.2) is 35.2 Å². The fraction of sp³-hybridized carbons (Fsp3) is 0.462. The van der Waals surface area contributed by atoms with E-state index in [0.29, 0.717) is 5.75 Å². The highest BCUT2D eigenvalue weighted by Crippen LogP contribution is 2.16. The number of carbonyl (C=O) groups excluding carboxylic acids is 1. The van der Waals surface area contributed by atoms with Crippen LogP contribution in [0.4, 0.5) is 0 Å². The van der Waals surface area contributed by atoms with Crippen molar-refractivity contribution in [3.63, 3.8) is 0 Å². The molecular formula is C13H18INOS. The van der Waals surface area contributed by atoms with Gasteiger partial charge in [0, 0.05) is 11.4 Å². The third-order valence-corrected chi connectivity index (χ3v) is 4.02. The summed E-state index contributed by atoms with van der Waals surface area (Å²) in [4.78, 5) is 12.7. The highest BCUT2D eigenvalue weighted by molar-refractivity contribution is 14.1. The lowest BCUT2D eigenvalue weighted by Gasteiger charge is -2.04. The molecule has 1 rings (SSSR count). The van der Waals surface area contributed by atoms with Gasteiger partial charge in [-0.3, -0.25) is 4.79 Å². The van der Waals surface area contributed by atoms with Crippen LogP contribution in [-0.2, 0) is 4.79 Å². The summed E-state index contributed by atoms with van der Waals surface area (Å²) in [5, 5.41) is 2.95. The van der Waals surface area contributed by atoms with Crippen molar-refractivity contribution >= 4 is 40.3 Å². The van der Waals surface area contributed by atoms with Gasteiger partial charge in [-0.25, -0.2) is 0 Å². The second-order valence-corrected chi connectivity index (χ2v) is 5.83. The van der Waals surface area contributed by atoms with Crippen molar-refractivity contribution in [1.29, 1.82) is 0 Å². The number of thioether (sulfide) groups is 1. The van der Waals surface area contributed by atoms with E-state index in [4.69, 9.17) is 0 Å². The molecule has 0 saturated heterocycles. The zero-order valence-corrected chi connectivity index (χ0v) is 12.8. The van der Waals surface area contributed by atoms with Crippen LogP contribution in [0.2, 0.25) is 0 Å². The molecule has 0 fully saturated rings. The van der Waals surface area contributed by atoms with Gasteiger partial charge in [0.05, 0.1) is 5.75 Å². The second-order valence-electron chi connectivity index (χ2n) is 3.70. The fourth-order valence-electron chi connectivity index (χ4n) is 1.34. The minimum Gasteiger partial charge on any atom is -0.355 e. The van der Waals surface area contributed by atoms with E-state index in [-0.39, 0.29) is 5.91 Å². The molecule has 0 spiro atoms. The zero-order valence-electron chi connectivity index (χ0n) is 9.82. The summed E-state index contributed by atoms with van der Waals surface area (Å²) in [5.74, 6) is 0.643. The van der Waals surface area contributed by atoms with Gasteiger partial charge in [-0.1, -0.05) is 47.2 Å². The molecule has 1 N–H and O–H groups in total. The van der Waals surface area contributed by atoms with Gasteiger partial charge in [-0.2, -0.15) is 0 Å². The Balaban J connectivity index is 2.05. The normalized spacial score (nSPS) is 10.2. The third kappa shape index (κ3) is 7.65. The number of hydrogen-bond donors (Lipinski definition) is 1. The van der Waals surface area contributed by atoms with Crippen molar-refractivity contribution in [3.05, 3.63) is 30.3 Å². The van der Waals surface area contributed by atoms with Crippen LogP contribution in [-0.4, -0.2) is 22.6 Å². The standard InChI is InChI=1S/C13H18INOS/c14-9-5-2-6-10-15-13(16)11-17-12-7-3-1-4-8-12/h1,3-4,7-8H,2,5-6,9-11H2,(H,15,16). The summed E-state index contributed by atoms with van der Waals surface area (Å²) in [5.41, 5.74) is 0. The number of hydrogen-bond acceptors (Lipinski definition) is 2. The Morgan fingerprint density at radius 2 is 1.94 bits per heavy atom. The monoisotopic (exact) mass is 363 g/mol. The molecular weight excluding hydrogens is 345 g/mol. The van der Waals surface area contributed by atoms with E-state index in [9.17, 15) is 4.79 Å². The maximum Gasteiger partial charge on any atom is 0.230 e. The molecule has 17 heavy (non-hydrogen) atoms. The zero-order chi connectivity index (χ0) is 12.3. The number of carbonyl (C=O) groups is 1. The predicted molar refractivity (Wildman–Crippen MR) is 82.9 cm³/mol. The van der Waals surface area contributed by atoms with E-state index in [1.165, 1.54) is 17.3 Å². The molecule has 2 nitrogen and oxygen atoms in total. The van der Waals surface area contributed by atoms with Crippen molar-refractivity contribution in [3.8, 4) is 0 Å². The summed E-state index contributed by atoms with van der Waals surface area (Å²) in [6.45, 7) is 0.810. The molecule has 1 aromatic carbocycles. The highest BCUT2D eigenvalue weighted by Gasteiger charge is 2.01. The van der Waals surface area contributed by atoms with Crippen molar-refractivity contribution in [2.75, 3.05) is 16.7 Å². The third-order valence-electron chi connectivity index (χ3n) is 2.25. The number of amides is 1. The smallest absolute Gasteiger partial charge is 0.230 e. The Kier molecular flexibility index (Phi) is 8.52. The first kappa shape index (κ1) is 14.8. The molecule has 0 aromatic heterocycles.